The minimum absolute atomic E-state index is 0.0296. The molecule has 6 nitrogen and oxygen atoms in total. The molecule has 0 radical (unpaired) electrons. The van der Waals surface area contributed by atoms with Gasteiger partial charge in [0.25, 0.3) is 0 Å². The van der Waals surface area contributed by atoms with E-state index < -0.39 is 0 Å². The summed E-state index contributed by atoms with van der Waals surface area (Å²) >= 11 is 0. The smallest absolute Gasteiger partial charge is 0.225 e. The zero-order valence-corrected chi connectivity index (χ0v) is 10.8. The molecular weight excluding hydrogens is 218 g/mol. The van der Waals surface area contributed by atoms with Gasteiger partial charge in [0.15, 0.2) is 5.82 Å². The molecule has 1 rings (SSSR count). The van der Waals surface area contributed by atoms with Crippen LogP contribution < -0.4 is 11.1 Å². The molecule has 2 unspecified atom stereocenters. The van der Waals surface area contributed by atoms with Crippen molar-refractivity contribution in [3.8, 4) is 0 Å². The number of carbonyl (C=O) groups is 1. The summed E-state index contributed by atoms with van der Waals surface area (Å²) < 4.78 is 1.79. The first-order chi connectivity index (χ1) is 7.97. The minimum atomic E-state index is -0.164. The van der Waals surface area contributed by atoms with Crippen LogP contribution in [0.4, 0.5) is 0 Å². The Kier molecular flexibility index (Phi) is 4.62. The normalized spacial score (nSPS) is 14.7. The highest BCUT2D eigenvalue weighted by molar-refractivity contribution is 5.79. The van der Waals surface area contributed by atoms with Gasteiger partial charge in [-0.3, -0.25) is 4.79 Å². The Labute approximate surface area is 102 Å². The molecule has 2 atom stereocenters. The van der Waals surface area contributed by atoms with Crippen molar-refractivity contribution in [2.24, 2.45) is 24.6 Å². The summed E-state index contributed by atoms with van der Waals surface area (Å²) in [6.45, 7) is 6.22. The summed E-state index contributed by atoms with van der Waals surface area (Å²) in [4.78, 5) is 12.0. The van der Waals surface area contributed by atoms with E-state index in [1.165, 1.54) is 0 Å². The highest BCUT2D eigenvalue weighted by atomic mass is 16.2. The van der Waals surface area contributed by atoms with Crippen molar-refractivity contribution in [2.75, 3.05) is 6.54 Å². The third kappa shape index (κ3) is 3.26. The van der Waals surface area contributed by atoms with Crippen LogP contribution in [0.2, 0.25) is 0 Å². The molecule has 1 heterocycles. The standard InChI is InChI=1S/C11H21N5O/c1-7(2)9(5-12)11(17)14-8(3)10-15-13-6-16(10)4/h6-9H,5,12H2,1-4H3,(H,14,17). The van der Waals surface area contributed by atoms with E-state index in [0.29, 0.717) is 6.54 Å². The first-order valence-corrected chi connectivity index (χ1v) is 5.81. The monoisotopic (exact) mass is 239 g/mol. The lowest BCUT2D eigenvalue weighted by atomic mass is 9.95. The predicted molar refractivity (Wildman–Crippen MR) is 64.9 cm³/mol. The van der Waals surface area contributed by atoms with Crippen molar-refractivity contribution >= 4 is 5.91 Å². The number of nitrogens with zero attached hydrogens (tertiary/aromatic N) is 3. The fourth-order valence-electron chi connectivity index (χ4n) is 1.75. The largest absolute Gasteiger partial charge is 0.346 e. The molecule has 1 aromatic rings. The van der Waals surface area contributed by atoms with Gasteiger partial charge in [0, 0.05) is 13.6 Å². The first kappa shape index (κ1) is 13.6. The SMILES string of the molecule is CC(NC(=O)C(CN)C(C)C)c1nncn1C. The van der Waals surface area contributed by atoms with Crippen LogP contribution in [0.25, 0.3) is 0 Å². The second-order valence-electron chi connectivity index (χ2n) is 4.62. The van der Waals surface area contributed by atoms with Gasteiger partial charge in [-0.25, -0.2) is 0 Å². The van der Waals surface area contributed by atoms with E-state index in [1.54, 1.807) is 10.9 Å². The third-order valence-corrected chi connectivity index (χ3v) is 2.89. The van der Waals surface area contributed by atoms with Crippen molar-refractivity contribution in [1.29, 1.82) is 0 Å². The molecule has 0 aromatic carbocycles. The highest BCUT2D eigenvalue weighted by Crippen LogP contribution is 2.13. The maximum Gasteiger partial charge on any atom is 0.225 e. The summed E-state index contributed by atoms with van der Waals surface area (Å²) in [5.74, 6) is 0.772. The maximum atomic E-state index is 12.0. The van der Waals surface area contributed by atoms with Crippen LogP contribution in [-0.4, -0.2) is 27.2 Å². The highest BCUT2D eigenvalue weighted by Gasteiger charge is 2.23. The lowest BCUT2D eigenvalue weighted by Gasteiger charge is -2.21. The van der Waals surface area contributed by atoms with E-state index in [-0.39, 0.29) is 23.8 Å². The zero-order chi connectivity index (χ0) is 13.0. The number of hydrogen-bond donors (Lipinski definition) is 2. The molecule has 0 saturated carbocycles. The molecule has 0 bridgehead atoms. The Bertz CT molecular complexity index is 374. The van der Waals surface area contributed by atoms with Gasteiger partial charge in [-0.1, -0.05) is 13.8 Å². The molecule has 0 saturated heterocycles. The van der Waals surface area contributed by atoms with Crippen molar-refractivity contribution in [3.63, 3.8) is 0 Å². The third-order valence-electron chi connectivity index (χ3n) is 2.89. The van der Waals surface area contributed by atoms with E-state index in [9.17, 15) is 4.79 Å². The summed E-state index contributed by atoms with van der Waals surface area (Å²) in [6.07, 6.45) is 1.61. The van der Waals surface area contributed by atoms with Crippen LogP contribution >= 0.6 is 0 Å². The Morgan fingerprint density at radius 1 is 1.53 bits per heavy atom. The van der Waals surface area contributed by atoms with E-state index in [4.69, 9.17) is 5.73 Å². The van der Waals surface area contributed by atoms with Crippen LogP contribution in [-0.2, 0) is 11.8 Å². The molecule has 0 spiro atoms. The van der Waals surface area contributed by atoms with E-state index in [0.717, 1.165) is 5.82 Å². The number of rotatable bonds is 5. The van der Waals surface area contributed by atoms with E-state index in [1.807, 2.05) is 27.8 Å². The number of hydrogen-bond acceptors (Lipinski definition) is 4. The topological polar surface area (TPSA) is 85.8 Å². The van der Waals surface area contributed by atoms with Gasteiger partial charge in [-0.15, -0.1) is 10.2 Å². The van der Waals surface area contributed by atoms with Crippen molar-refractivity contribution in [1.82, 2.24) is 20.1 Å². The molecule has 0 aliphatic heterocycles. The first-order valence-electron chi connectivity index (χ1n) is 5.81. The Morgan fingerprint density at radius 3 is 2.59 bits per heavy atom. The second kappa shape index (κ2) is 5.77. The predicted octanol–water partition coefficient (Wildman–Crippen LogP) is 0.223. The van der Waals surface area contributed by atoms with Crippen molar-refractivity contribution in [2.45, 2.75) is 26.8 Å². The summed E-state index contributed by atoms with van der Waals surface area (Å²) in [7, 11) is 1.85. The van der Waals surface area contributed by atoms with E-state index in [2.05, 4.69) is 15.5 Å². The molecule has 6 heteroatoms. The molecule has 0 aliphatic carbocycles. The second-order valence-corrected chi connectivity index (χ2v) is 4.62. The molecule has 0 aliphatic rings. The lowest BCUT2D eigenvalue weighted by molar-refractivity contribution is -0.126. The van der Waals surface area contributed by atoms with Gasteiger partial charge in [0.2, 0.25) is 5.91 Å². The number of carbonyl (C=O) groups excluding carboxylic acids is 1. The van der Waals surface area contributed by atoms with Gasteiger partial charge in [-0.2, -0.15) is 0 Å². The molecule has 17 heavy (non-hydrogen) atoms. The quantitative estimate of drug-likeness (QED) is 0.770. The van der Waals surface area contributed by atoms with Crippen molar-refractivity contribution < 1.29 is 4.79 Å². The van der Waals surface area contributed by atoms with Crippen LogP contribution in [0, 0.1) is 11.8 Å². The number of amides is 1. The Hall–Kier alpha value is -1.43. The number of nitrogens with one attached hydrogen (secondary N) is 1. The van der Waals surface area contributed by atoms with Crippen LogP contribution in [0.3, 0.4) is 0 Å². The molecule has 96 valence electrons. The van der Waals surface area contributed by atoms with Crippen molar-refractivity contribution in [3.05, 3.63) is 12.2 Å². The minimum Gasteiger partial charge on any atom is -0.346 e. The van der Waals surface area contributed by atoms with Gasteiger partial charge >= 0.3 is 0 Å². The maximum absolute atomic E-state index is 12.0. The average molecular weight is 239 g/mol. The number of aromatic nitrogens is 3. The van der Waals surface area contributed by atoms with Crippen LogP contribution in [0.15, 0.2) is 6.33 Å². The lowest BCUT2D eigenvalue weighted by Crippen LogP contribution is -2.39. The Morgan fingerprint density at radius 2 is 2.18 bits per heavy atom. The zero-order valence-electron chi connectivity index (χ0n) is 10.8. The fraction of sp³-hybridized carbons (Fsp3) is 0.727. The molecule has 1 amide bonds. The summed E-state index contributed by atoms with van der Waals surface area (Å²) in [5, 5.41) is 10.7. The summed E-state index contributed by atoms with van der Waals surface area (Å²) in [6, 6.07) is -0.164. The van der Waals surface area contributed by atoms with Gasteiger partial charge < -0.3 is 15.6 Å². The molecule has 3 N–H and O–H groups in total. The molecule has 0 fully saturated rings. The van der Waals surface area contributed by atoms with E-state index >= 15 is 0 Å². The van der Waals surface area contributed by atoms with Crippen LogP contribution in [0.1, 0.15) is 32.6 Å². The Balaban J connectivity index is 2.66. The van der Waals surface area contributed by atoms with Crippen LogP contribution in [0.5, 0.6) is 0 Å². The van der Waals surface area contributed by atoms with Gasteiger partial charge in [-0.05, 0) is 12.8 Å². The van der Waals surface area contributed by atoms with Gasteiger partial charge in [0.1, 0.15) is 6.33 Å². The van der Waals surface area contributed by atoms with Gasteiger partial charge in [0.05, 0.1) is 12.0 Å². The number of nitrogens with two attached hydrogens (primary N) is 1. The fourth-order valence-corrected chi connectivity index (χ4v) is 1.75. The average Bonchev–Trinajstić information content (AvgIpc) is 2.64. The molecule has 1 aromatic heterocycles. The molecular formula is C11H21N5O. The number of aryl methyl sites for hydroxylation is 1. The summed E-state index contributed by atoms with van der Waals surface area (Å²) in [5.41, 5.74) is 5.60.